The van der Waals surface area contributed by atoms with Gasteiger partial charge in [-0.15, -0.1) is 11.8 Å². The van der Waals surface area contributed by atoms with Crippen LogP contribution in [0, 0.1) is 0 Å². The lowest BCUT2D eigenvalue weighted by molar-refractivity contribution is 0.102. The molecule has 0 unspecified atom stereocenters. The fourth-order valence-electron chi connectivity index (χ4n) is 1.72. The van der Waals surface area contributed by atoms with Crippen LogP contribution in [0.25, 0.3) is 0 Å². The van der Waals surface area contributed by atoms with Gasteiger partial charge in [-0.2, -0.15) is 0 Å². The van der Waals surface area contributed by atoms with Gasteiger partial charge in [0.15, 0.2) is 5.78 Å². The lowest BCUT2D eigenvalue weighted by atomic mass is 10.1. The summed E-state index contributed by atoms with van der Waals surface area (Å²) in [6.07, 6.45) is 0. The SMILES string of the molecule is COc1cccc(C(=O)CSCc2ccccc2)c1. The maximum Gasteiger partial charge on any atom is 0.172 e. The first kappa shape index (κ1) is 13.7. The molecule has 0 atom stereocenters. The van der Waals surface area contributed by atoms with E-state index >= 15 is 0 Å². The van der Waals surface area contributed by atoms with Gasteiger partial charge in [0.1, 0.15) is 5.75 Å². The van der Waals surface area contributed by atoms with E-state index in [9.17, 15) is 4.79 Å². The number of methoxy groups -OCH3 is 1. The molecule has 0 saturated carbocycles. The minimum Gasteiger partial charge on any atom is -0.497 e. The zero-order chi connectivity index (χ0) is 13.5. The van der Waals surface area contributed by atoms with E-state index in [1.807, 2.05) is 36.4 Å². The van der Waals surface area contributed by atoms with Crippen molar-refractivity contribution in [2.75, 3.05) is 12.9 Å². The summed E-state index contributed by atoms with van der Waals surface area (Å²) < 4.78 is 5.12. The molecule has 0 aliphatic rings. The van der Waals surface area contributed by atoms with Crippen LogP contribution >= 0.6 is 11.8 Å². The van der Waals surface area contributed by atoms with Crippen molar-refractivity contribution in [3.63, 3.8) is 0 Å². The first-order chi connectivity index (χ1) is 9.29. The molecule has 2 aromatic carbocycles. The fraction of sp³-hybridized carbons (Fsp3) is 0.188. The van der Waals surface area contributed by atoms with E-state index in [4.69, 9.17) is 4.74 Å². The molecule has 0 heterocycles. The van der Waals surface area contributed by atoms with Gasteiger partial charge in [-0.05, 0) is 17.7 Å². The normalized spacial score (nSPS) is 10.2. The predicted molar refractivity (Wildman–Crippen MR) is 79.9 cm³/mol. The van der Waals surface area contributed by atoms with Gasteiger partial charge < -0.3 is 4.74 Å². The van der Waals surface area contributed by atoms with Crippen molar-refractivity contribution in [1.82, 2.24) is 0 Å². The predicted octanol–water partition coefficient (Wildman–Crippen LogP) is 3.81. The van der Waals surface area contributed by atoms with E-state index < -0.39 is 0 Å². The van der Waals surface area contributed by atoms with Gasteiger partial charge in [0.2, 0.25) is 0 Å². The molecule has 0 N–H and O–H groups in total. The lowest BCUT2D eigenvalue weighted by Gasteiger charge is -2.04. The highest BCUT2D eigenvalue weighted by Gasteiger charge is 2.07. The minimum absolute atomic E-state index is 0.139. The Morgan fingerprint density at radius 3 is 2.63 bits per heavy atom. The van der Waals surface area contributed by atoms with Crippen molar-refractivity contribution in [2.45, 2.75) is 5.75 Å². The van der Waals surface area contributed by atoms with E-state index in [2.05, 4.69) is 12.1 Å². The van der Waals surface area contributed by atoms with Crippen molar-refractivity contribution >= 4 is 17.5 Å². The Balaban J connectivity index is 1.87. The van der Waals surface area contributed by atoms with Crippen LogP contribution in [0.5, 0.6) is 5.75 Å². The topological polar surface area (TPSA) is 26.3 Å². The van der Waals surface area contributed by atoms with Crippen molar-refractivity contribution in [3.05, 3.63) is 65.7 Å². The third-order valence-corrected chi connectivity index (χ3v) is 3.74. The molecule has 0 radical (unpaired) electrons. The van der Waals surface area contributed by atoms with E-state index in [0.29, 0.717) is 11.3 Å². The van der Waals surface area contributed by atoms with Crippen LogP contribution in [0.4, 0.5) is 0 Å². The van der Waals surface area contributed by atoms with E-state index in [0.717, 1.165) is 11.5 Å². The largest absolute Gasteiger partial charge is 0.497 e. The molecule has 98 valence electrons. The third kappa shape index (κ3) is 4.14. The van der Waals surface area contributed by atoms with Gasteiger partial charge in [-0.1, -0.05) is 42.5 Å². The Hall–Kier alpha value is -1.74. The molecular weight excluding hydrogens is 256 g/mol. The van der Waals surface area contributed by atoms with Gasteiger partial charge in [0.25, 0.3) is 0 Å². The molecule has 2 rings (SSSR count). The second-order valence-electron chi connectivity index (χ2n) is 4.13. The molecule has 0 fully saturated rings. The number of carbonyl (C=O) groups excluding carboxylic acids is 1. The molecule has 3 heteroatoms. The Kier molecular flexibility index (Phi) is 5.04. The van der Waals surface area contributed by atoms with Gasteiger partial charge in [0, 0.05) is 11.3 Å². The first-order valence-corrected chi connectivity index (χ1v) is 7.24. The Labute approximate surface area is 117 Å². The number of ketones is 1. The van der Waals surface area contributed by atoms with Crippen LogP contribution in [0.15, 0.2) is 54.6 Å². The molecule has 0 aliphatic heterocycles. The molecular formula is C16H16O2S. The number of ether oxygens (including phenoxy) is 1. The van der Waals surface area contributed by atoms with Crippen molar-refractivity contribution in [3.8, 4) is 5.75 Å². The highest BCUT2D eigenvalue weighted by molar-refractivity contribution is 7.99. The maximum atomic E-state index is 12.0. The van der Waals surface area contributed by atoms with E-state index in [1.165, 1.54) is 5.56 Å². The molecule has 0 aromatic heterocycles. The first-order valence-electron chi connectivity index (χ1n) is 6.08. The number of hydrogen-bond acceptors (Lipinski definition) is 3. The summed E-state index contributed by atoms with van der Waals surface area (Å²) in [7, 11) is 1.60. The number of benzene rings is 2. The average Bonchev–Trinajstić information content (AvgIpc) is 2.48. The van der Waals surface area contributed by atoms with Crippen molar-refractivity contribution in [2.24, 2.45) is 0 Å². The lowest BCUT2D eigenvalue weighted by Crippen LogP contribution is -2.02. The summed E-state index contributed by atoms with van der Waals surface area (Å²) in [5.74, 6) is 2.21. The quantitative estimate of drug-likeness (QED) is 0.748. The molecule has 19 heavy (non-hydrogen) atoms. The van der Waals surface area contributed by atoms with Crippen LogP contribution < -0.4 is 4.74 Å². The van der Waals surface area contributed by atoms with Gasteiger partial charge >= 0.3 is 0 Å². The molecule has 0 bridgehead atoms. The summed E-state index contributed by atoms with van der Waals surface area (Å²) in [6, 6.07) is 17.5. The molecule has 0 aliphatic carbocycles. The van der Waals surface area contributed by atoms with Crippen molar-refractivity contribution < 1.29 is 9.53 Å². The number of hydrogen-bond donors (Lipinski definition) is 0. The summed E-state index contributed by atoms with van der Waals surface area (Å²) in [6.45, 7) is 0. The second kappa shape index (κ2) is 7.00. The summed E-state index contributed by atoms with van der Waals surface area (Å²) >= 11 is 1.63. The highest BCUT2D eigenvalue weighted by atomic mass is 32.2. The monoisotopic (exact) mass is 272 g/mol. The summed E-state index contributed by atoms with van der Waals surface area (Å²) in [5, 5.41) is 0. The van der Waals surface area contributed by atoms with Crippen molar-refractivity contribution in [1.29, 1.82) is 0 Å². The number of carbonyl (C=O) groups is 1. The fourth-order valence-corrected chi connectivity index (χ4v) is 2.60. The van der Waals surface area contributed by atoms with Crippen LogP contribution in [0.2, 0.25) is 0 Å². The Morgan fingerprint density at radius 2 is 1.89 bits per heavy atom. The molecule has 0 amide bonds. The summed E-state index contributed by atoms with van der Waals surface area (Å²) in [5.41, 5.74) is 1.95. The average molecular weight is 272 g/mol. The second-order valence-corrected chi connectivity index (χ2v) is 5.12. The van der Waals surface area contributed by atoms with E-state index in [-0.39, 0.29) is 5.78 Å². The van der Waals surface area contributed by atoms with E-state index in [1.54, 1.807) is 24.9 Å². The maximum absolute atomic E-state index is 12.0. The Bertz CT molecular complexity index is 537. The molecule has 2 aromatic rings. The smallest absolute Gasteiger partial charge is 0.172 e. The molecule has 0 saturated heterocycles. The van der Waals surface area contributed by atoms with Gasteiger partial charge in [-0.25, -0.2) is 0 Å². The van der Waals surface area contributed by atoms with Crippen LogP contribution in [0.3, 0.4) is 0 Å². The van der Waals surface area contributed by atoms with Crippen LogP contribution in [0.1, 0.15) is 15.9 Å². The number of thioether (sulfide) groups is 1. The van der Waals surface area contributed by atoms with Crippen LogP contribution in [-0.4, -0.2) is 18.6 Å². The molecule has 2 nitrogen and oxygen atoms in total. The zero-order valence-corrected chi connectivity index (χ0v) is 11.7. The Morgan fingerprint density at radius 1 is 1.11 bits per heavy atom. The highest BCUT2D eigenvalue weighted by Crippen LogP contribution is 2.17. The number of rotatable bonds is 6. The number of Topliss-reactive ketones (excluding diaryl/α,β-unsaturated/α-hetero) is 1. The minimum atomic E-state index is 0.139. The standard InChI is InChI=1S/C16H16O2S/c1-18-15-9-5-8-14(10-15)16(17)12-19-11-13-6-3-2-4-7-13/h2-10H,11-12H2,1H3. The molecule has 0 spiro atoms. The zero-order valence-electron chi connectivity index (χ0n) is 10.8. The van der Waals surface area contributed by atoms with Crippen LogP contribution in [-0.2, 0) is 5.75 Å². The van der Waals surface area contributed by atoms with Gasteiger partial charge in [-0.3, -0.25) is 4.79 Å². The third-order valence-electron chi connectivity index (χ3n) is 2.74. The van der Waals surface area contributed by atoms with Gasteiger partial charge in [0.05, 0.1) is 12.9 Å². The summed E-state index contributed by atoms with van der Waals surface area (Å²) in [4.78, 5) is 12.0.